The Morgan fingerprint density at radius 1 is 0.517 bits per heavy atom. The van der Waals surface area contributed by atoms with Gasteiger partial charge < -0.3 is 42.0 Å². The molecule has 0 fully saturated rings. The quantitative estimate of drug-likeness (QED) is 0.0327. The first-order chi connectivity index (χ1) is 26.5. The molecule has 340 valence electrons. The zero-order valence-corrected chi connectivity index (χ0v) is 40.4. The van der Waals surface area contributed by atoms with Crippen LogP contribution in [0.1, 0.15) is 118 Å². The number of nitriles is 1. The topological polar surface area (TPSA) is 303 Å². The molecule has 0 bridgehead atoms. The molecule has 0 aliphatic carbocycles. The summed E-state index contributed by atoms with van der Waals surface area (Å²) in [5.41, 5.74) is -3.74. The average Bonchev–Trinajstić information content (AvgIpc) is 3.02. The van der Waals surface area contributed by atoms with E-state index in [2.05, 4.69) is 66.9 Å². The number of carbonyl (C=O) groups is 8. The Morgan fingerprint density at radius 2 is 0.733 bits per heavy atom. The largest absolute Gasteiger partial charge is 0.464 e. The summed E-state index contributed by atoms with van der Waals surface area (Å²) in [5, 5.41) is 28.8. The maximum Gasteiger partial charge on any atom is 0.331 e. The minimum Gasteiger partial charge on any atom is -0.464 e. The molecule has 0 spiro atoms. The highest BCUT2D eigenvalue weighted by Gasteiger charge is 2.45. The van der Waals surface area contributed by atoms with Crippen molar-refractivity contribution >= 4 is 55.4 Å². The van der Waals surface area contributed by atoms with Gasteiger partial charge in [-0.3, -0.25) is 33.6 Å². The van der Waals surface area contributed by atoms with Crippen LogP contribution in [0.5, 0.6) is 0 Å². The van der Waals surface area contributed by atoms with E-state index in [1.165, 1.54) is 118 Å². The van der Waals surface area contributed by atoms with Gasteiger partial charge in [-0.05, 0) is 122 Å². The molecule has 0 aliphatic rings. The fourth-order valence-corrected chi connectivity index (χ4v) is 4.97. The van der Waals surface area contributed by atoms with Gasteiger partial charge in [-0.25, -0.2) is 4.79 Å². The molecule has 7 N–H and O–H groups in total. The van der Waals surface area contributed by atoms with Crippen LogP contribution in [0.3, 0.4) is 0 Å². The van der Waals surface area contributed by atoms with Gasteiger partial charge in [-0.1, -0.05) is 24.8 Å². The molecule has 20 nitrogen and oxygen atoms in total. The summed E-state index contributed by atoms with van der Waals surface area (Å²) in [6, 6.07) is 2.51. The first kappa shape index (κ1) is 56.9. The Morgan fingerprint density at radius 3 is 0.950 bits per heavy atom. The van der Waals surface area contributed by atoms with Gasteiger partial charge in [0.15, 0.2) is 0 Å². The maximum atomic E-state index is 13.5. The SMILES string of the molecule is CC#N.CC(C)(N=[N+]=[N-])C(=O)NC(C)(C)C(=O)NC(C)(C)C(=O)NC(C)(C)C(=O)NC(C)(C)C(=O)NC(C)(C)C(=O)NC(C)(C)C(=O)NC(C)(C)C(=O)OCC[Si](C)(C)C. The van der Waals surface area contributed by atoms with Crippen molar-refractivity contribution in [3.8, 4) is 6.07 Å². The highest BCUT2D eigenvalue weighted by atomic mass is 28.3. The highest BCUT2D eigenvalue weighted by Crippen LogP contribution is 2.18. The average molecular weight is 866 g/mol. The lowest BCUT2D eigenvalue weighted by Gasteiger charge is -2.37. The summed E-state index contributed by atoms with van der Waals surface area (Å²) in [6.07, 6.45) is 0. The maximum absolute atomic E-state index is 13.5. The van der Waals surface area contributed by atoms with Gasteiger partial charge in [0.2, 0.25) is 41.4 Å². The number of amides is 7. The highest BCUT2D eigenvalue weighted by molar-refractivity contribution is 6.76. The monoisotopic (exact) mass is 866 g/mol. The van der Waals surface area contributed by atoms with Gasteiger partial charge in [-0.15, -0.1) is 0 Å². The smallest absolute Gasteiger partial charge is 0.331 e. The van der Waals surface area contributed by atoms with Crippen LogP contribution in [-0.2, 0) is 43.1 Å². The predicted molar refractivity (Wildman–Crippen MR) is 229 cm³/mol. The Hall–Kier alpha value is -5.22. The summed E-state index contributed by atoms with van der Waals surface area (Å²) < 4.78 is 5.40. The number of ether oxygens (including phenoxy) is 1. The fourth-order valence-electron chi connectivity index (χ4n) is 4.26. The van der Waals surface area contributed by atoms with E-state index in [4.69, 9.17) is 15.5 Å². The van der Waals surface area contributed by atoms with Crippen molar-refractivity contribution in [1.82, 2.24) is 37.2 Å². The van der Waals surface area contributed by atoms with Crippen LogP contribution in [0.4, 0.5) is 0 Å². The molecule has 0 aromatic heterocycles. The zero-order valence-electron chi connectivity index (χ0n) is 39.4. The van der Waals surface area contributed by atoms with Gasteiger partial charge in [0.05, 0.1) is 12.7 Å². The molecule has 0 aliphatic heterocycles. The van der Waals surface area contributed by atoms with Crippen molar-refractivity contribution in [2.45, 2.75) is 188 Å². The van der Waals surface area contributed by atoms with E-state index in [1.54, 1.807) is 6.07 Å². The second-order valence-electron chi connectivity index (χ2n) is 20.0. The van der Waals surface area contributed by atoms with Crippen molar-refractivity contribution in [3.05, 3.63) is 10.4 Å². The molecule has 7 amide bonds. The first-order valence-corrected chi connectivity index (χ1v) is 23.0. The Bertz CT molecular complexity index is 1750. The number of azide groups is 1. The minimum absolute atomic E-state index is 0.229. The van der Waals surface area contributed by atoms with Crippen molar-refractivity contribution in [2.75, 3.05) is 6.61 Å². The number of nitrogens with zero attached hydrogens (tertiary/aromatic N) is 4. The van der Waals surface area contributed by atoms with Crippen LogP contribution >= 0.6 is 0 Å². The Labute approximate surface area is 356 Å². The minimum atomic E-state index is -1.64. The molecular formula is C39H71N11O9Si. The summed E-state index contributed by atoms with van der Waals surface area (Å²) in [5.74, 6) is -5.85. The molecule has 0 saturated heterocycles. The van der Waals surface area contributed by atoms with Crippen LogP contribution < -0.4 is 37.2 Å². The number of esters is 1. The van der Waals surface area contributed by atoms with Gasteiger partial charge >= 0.3 is 5.97 Å². The number of hydrogen-bond acceptors (Lipinski definition) is 11. The zero-order chi connectivity index (χ0) is 48.3. The Kier molecular flexibility index (Phi) is 19.3. The fraction of sp³-hybridized carbons (Fsp3) is 0.769. The third-order valence-electron chi connectivity index (χ3n) is 8.83. The molecule has 0 unspecified atom stereocenters. The van der Waals surface area contributed by atoms with Gasteiger partial charge in [0, 0.05) is 19.9 Å². The van der Waals surface area contributed by atoms with E-state index >= 15 is 0 Å². The summed E-state index contributed by atoms with van der Waals surface area (Å²) in [4.78, 5) is 108. The second-order valence-corrected chi connectivity index (χ2v) is 25.6. The molecule has 0 aromatic carbocycles. The normalized spacial score (nSPS) is 12.7. The molecular weight excluding hydrogens is 795 g/mol. The van der Waals surface area contributed by atoms with Crippen molar-refractivity contribution in [1.29, 1.82) is 5.26 Å². The Balaban J connectivity index is 0. The van der Waals surface area contributed by atoms with Crippen LogP contribution in [0.15, 0.2) is 5.11 Å². The lowest BCUT2D eigenvalue weighted by Crippen LogP contribution is -2.69. The third kappa shape index (κ3) is 18.0. The number of hydrogen-bond donors (Lipinski definition) is 7. The lowest BCUT2D eigenvalue weighted by atomic mass is 9.94. The van der Waals surface area contributed by atoms with Crippen molar-refractivity contribution in [3.63, 3.8) is 0 Å². The van der Waals surface area contributed by atoms with Crippen LogP contribution in [0, 0.1) is 11.3 Å². The van der Waals surface area contributed by atoms with Crippen LogP contribution in [0.25, 0.3) is 10.4 Å². The summed E-state index contributed by atoms with van der Waals surface area (Å²) in [7, 11) is -1.46. The predicted octanol–water partition coefficient (Wildman–Crippen LogP) is 2.75. The number of carbonyl (C=O) groups excluding carboxylic acids is 8. The van der Waals surface area contributed by atoms with E-state index < -0.39 is 99.7 Å². The van der Waals surface area contributed by atoms with Gasteiger partial charge in [0.1, 0.15) is 44.3 Å². The van der Waals surface area contributed by atoms with Crippen molar-refractivity contribution < 1.29 is 43.1 Å². The molecule has 60 heavy (non-hydrogen) atoms. The molecule has 0 rings (SSSR count). The van der Waals surface area contributed by atoms with Crippen LogP contribution in [0.2, 0.25) is 25.7 Å². The molecule has 0 radical (unpaired) electrons. The van der Waals surface area contributed by atoms with Crippen LogP contribution in [-0.4, -0.2) is 106 Å². The molecule has 0 heterocycles. The second kappa shape index (κ2) is 20.4. The van der Waals surface area contributed by atoms with Gasteiger partial charge in [-0.2, -0.15) is 5.26 Å². The van der Waals surface area contributed by atoms with E-state index in [0.29, 0.717) is 0 Å². The molecule has 0 atom stereocenters. The van der Waals surface area contributed by atoms with Crippen molar-refractivity contribution in [2.24, 2.45) is 5.11 Å². The van der Waals surface area contributed by atoms with E-state index in [9.17, 15) is 38.4 Å². The first-order valence-electron chi connectivity index (χ1n) is 19.3. The van der Waals surface area contributed by atoms with E-state index in [1.807, 2.05) is 0 Å². The number of nitrogens with one attached hydrogen (secondary N) is 7. The van der Waals surface area contributed by atoms with E-state index in [0.717, 1.165) is 6.04 Å². The number of rotatable bonds is 19. The standard InChI is InChI=1S/C37H68N10O9Si.C2H3N/c1-30(2,40-24(50)32(5,6)42-26(52)34(9,10)44-28(54)36(13,14)46-47-38)22(48)39-31(3,4)23(49)41-33(7,8)25(51)43-35(11,12)27(53)45-37(15,16)29(55)56-20-21-57(17,18)19;1-2-3/h20-21H2,1-19H3,(H,39,48)(H,40,50)(H,41,49)(H,42,52)(H,43,51)(H,44,54)(H,45,53);1H3. The summed E-state index contributed by atoms with van der Waals surface area (Å²) in [6.45, 7) is 30.6. The summed E-state index contributed by atoms with van der Waals surface area (Å²) >= 11 is 0. The molecule has 0 aromatic rings. The molecule has 0 saturated carbocycles. The molecule has 21 heteroatoms. The lowest BCUT2D eigenvalue weighted by molar-refractivity contribution is -0.152. The van der Waals surface area contributed by atoms with Gasteiger partial charge in [0.25, 0.3) is 0 Å². The van der Waals surface area contributed by atoms with E-state index in [-0.39, 0.29) is 6.61 Å². The third-order valence-corrected chi connectivity index (χ3v) is 10.5.